The Morgan fingerprint density at radius 1 is 1.48 bits per heavy atom. The van der Waals surface area contributed by atoms with Crippen LogP contribution in [0.25, 0.3) is 0 Å². The molecule has 2 unspecified atom stereocenters. The van der Waals surface area contributed by atoms with E-state index in [0.29, 0.717) is 11.6 Å². The van der Waals surface area contributed by atoms with Crippen molar-refractivity contribution in [2.45, 2.75) is 36.7 Å². The zero-order valence-electron chi connectivity index (χ0n) is 13.2. The van der Waals surface area contributed by atoms with Crippen molar-refractivity contribution in [1.29, 1.82) is 0 Å². The fourth-order valence-electron chi connectivity index (χ4n) is 2.59. The number of piperidine rings is 1. The highest BCUT2D eigenvalue weighted by molar-refractivity contribution is 7.89. The summed E-state index contributed by atoms with van der Waals surface area (Å²) in [6.07, 6.45) is 3.20. The summed E-state index contributed by atoms with van der Waals surface area (Å²) in [6, 6.07) is 6.52. The minimum atomic E-state index is -3.63. The van der Waals surface area contributed by atoms with Crippen molar-refractivity contribution in [3.05, 3.63) is 42.5 Å². The van der Waals surface area contributed by atoms with E-state index >= 15 is 0 Å². The predicted molar refractivity (Wildman–Crippen MR) is 89.8 cm³/mol. The molecule has 0 aliphatic carbocycles. The van der Waals surface area contributed by atoms with Gasteiger partial charge in [0.05, 0.1) is 4.90 Å². The second-order valence-electron chi connectivity index (χ2n) is 5.72. The fourth-order valence-corrected chi connectivity index (χ4v) is 3.63. The van der Waals surface area contributed by atoms with Crippen LogP contribution in [-0.2, 0) is 10.0 Å². The summed E-state index contributed by atoms with van der Waals surface area (Å²) >= 11 is 0. The van der Waals surface area contributed by atoms with Crippen LogP contribution < -0.4 is 15.4 Å². The maximum absolute atomic E-state index is 12.3. The quantitative estimate of drug-likeness (QED) is 0.677. The van der Waals surface area contributed by atoms with Crippen LogP contribution in [0.15, 0.2) is 41.8 Å². The summed E-state index contributed by atoms with van der Waals surface area (Å²) in [6.45, 7) is 6.57. The smallest absolute Gasteiger partial charge is 0.251 e. The topological polar surface area (TPSA) is 87.3 Å². The molecule has 0 aromatic heterocycles. The van der Waals surface area contributed by atoms with Crippen LogP contribution in [0.3, 0.4) is 0 Å². The molecule has 1 aliphatic heterocycles. The van der Waals surface area contributed by atoms with Crippen LogP contribution in [0.4, 0.5) is 0 Å². The number of rotatable bonds is 6. The third-order valence-corrected chi connectivity index (χ3v) is 5.20. The Balaban J connectivity index is 2.09. The van der Waals surface area contributed by atoms with E-state index in [9.17, 15) is 13.2 Å². The number of amides is 1. The molecule has 0 radical (unpaired) electrons. The third-order valence-electron chi connectivity index (χ3n) is 3.78. The Kier molecular flexibility index (Phi) is 5.92. The average molecular weight is 337 g/mol. The van der Waals surface area contributed by atoms with E-state index < -0.39 is 10.0 Å². The molecule has 6 nitrogen and oxygen atoms in total. The summed E-state index contributed by atoms with van der Waals surface area (Å²) in [7, 11) is -3.63. The summed E-state index contributed by atoms with van der Waals surface area (Å²) in [5.74, 6) is -0.245. The molecule has 1 aliphatic rings. The Labute approximate surface area is 137 Å². The molecule has 1 aromatic rings. The Bertz CT molecular complexity index is 673. The molecule has 0 spiro atoms. The third kappa shape index (κ3) is 4.89. The van der Waals surface area contributed by atoms with Gasteiger partial charge in [-0.25, -0.2) is 13.1 Å². The van der Waals surface area contributed by atoms with Gasteiger partial charge in [0.2, 0.25) is 10.0 Å². The van der Waals surface area contributed by atoms with E-state index in [1.807, 2.05) is 0 Å². The molecule has 0 saturated carbocycles. The highest BCUT2D eigenvalue weighted by Gasteiger charge is 2.21. The molecule has 126 valence electrons. The zero-order valence-corrected chi connectivity index (χ0v) is 14.0. The first-order valence-electron chi connectivity index (χ1n) is 7.67. The first-order valence-corrected chi connectivity index (χ1v) is 9.15. The molecule has 1 aromatic carbocycles. The van der Waals surface area contributed by atoms with Gasteiger partial charge < -0.3 is 10.6 Å². The van der Waals surface area contributed by atoms with Crippen molar-refractivity contribution < 1.29 is 13.2 Å². The maximum atomic E-state index is 12.3. The molecule has 7 heteroatoms. The summed E-state index contributed by atoms with van der Waals surface area (Å²) in [5.41, 5.74) is 0.345. The lowest BCUT2D eigenvalue weighted by Crippen LogP contribution is -2.46. The number of sulfonamides is 1. The molecule has 1 heterocycles. The SMILES string of the molecule is C=CCNS(=O)(=O)c1cccc(C(=O)NC2CCNC(C)C2)c1. The average Bonchev–Trinajstić information content (AvgIpc) is 2.53. The second-order valence-corrected chi connectivity index (χ2v) is 7.49. The zero-order chi connectivity index (χ0) is 16.9. The first-order chi connectivity index (χ1) is 10.9. The normalized spacial score (nSPS) is 21.6. The van der Waals surface area contributed by atoms with Gasteiger partial charge in [-0.05, 0) is 44.5 Å². The lowest BCUT2D eigenvalue weighted by atomic mass is 10.0. The Hall–Kier alpha value is -1.70. The van der Waals surface area contributed by atoms with Gasteiger partial charge in [-0.15, -0.1) is 6.58 Å². The van der Waals surface area contributed by atoms with E-state index in [2.05, 4.69) is 28.9 Å². The predicted octanol–water partition coefficient (Wildman–Crippen LogP) is 1.02. The van der Waals surface area contributed by atoms with Crippen LogP contribution in [0, 0.1) is 0 Å². The van der Waals surface area contributed by atoms with Gasteiger partial charge in [0.1, 0.15) is 0 Å². The van der Waals surface area contributed by atoms with Crippen molar-refractivity contribution in [3.63, 3.8) is 0 Å². The molecule has 2 atom stereocenters. The van der Waals surface area contributed by atoms with Gasteiger partial charge in [-0.2, -0.15) is 0 Å². The number of nitrogens with one attached hydrogen (secondary N) is 3. The highest BCUT2D eigenvalue weighted by atomic mass is 32.2. The lowest BCUT2D eigenvalue weighted by molar-refractivity contribution is 0.0925. The van der Waals surface area contributed by atoms with Crippen molar-refractivity contribution in [2.24, 2.45) is 0 Å². The van der Waals surface area contributed by atoms with Crippen LogP contribution in [0.1, 0.15) is 30.1 Å². The van der Waals surface area contributed by atoms with Crippen LogP contribution in [-0.4, -0.2) is 39.5 Å². The van der Waals surface area contributed by atoms with Gasteiger partial charge in [0.25, 0.3) is 5.91 Å². The number of carbonyl (C=O) groups excluding carboxylic acids is 1. The summed E-state index contributed by atoms with van der Waals surface area (Å²) in [5, 5.41) is 6.30. The number of benzene rings is 1. The van der Waals surface area contributed by atoms with E-state index in [1.54, 1.807) is 12.1 Å². The molecule has 1 fully saturated rings. The highest BCUT2D eigenvalue weighted by Crippen LogP contribution is 2.13. The summed E-state index contributed by atoms with van der Waals surface area (Å²) < 4.78 is 26.6. The van der Waals surface area contributed by atoms with Crippen molar-refractivity contribution in [1.82, 2.24) is 15.4 Å². The van der Waals surface area contributed by atoms with E-state index in [0.717, 1.165) is 19.4 Å². The molecular weight excluding hydrogens is 314 g/mol. The lowest BCUT2D eigenvalue weighted by Gasteiger charge is -2.28. The number of carbonyl (C=O) groups is 1. The monoisotopic (exact) mass is 337 g/mol. The van der Waals surface area contributed by atoms with Crippen LogP contribution in [0.2, 0.25) is 0 Å². The molecule has 3 N–H and O–H groups in total. The Morgan fingerprint density at radius 2 is 2.26 bits per heavy atom. The van der Waals surface area contributed by atoms with Crippen LogP contribution in [0.5, 0.6) is 0 Å². The van der Waals surface area contributed by atoms with Gasteiger partial charge in [0, 0.05) is 24.2 Å². The maximum Gasteiger partial charge on any atom is 0.251 e. The molecular formula is C16H23N3O3S. The van der Waals surface area contributed by atoms with Crippen LogP contribution >= 0.6 is 0 Å². The van der Waals surface area contributed by atoms with Crippen molar-refractivity contribution in [3.8, 4) is 0 Å². The minimum absolute atomic E-state index is 0.0747. The first kappa shape index (κ1) is 17.7. The van der Waals surface area contributed by atoms with Gasteiger partial charge in [-0.1, -0.05) is 12.1 Å². The molecule has 23 heavy (non-hydrogen) atoms. The molecule has 1 amide bonds. The fraction of sp³-hybridized carbons (Fsp3) is 0.438. The van der Waals surface area contributed by atoms with Crippen molar-refractivity contribution >= 4 is 15.9 Å². The van der Waals surface area contributed by atoms with E-state index in [-0.39, 0.29) is 23.4 Å². The molecule has 1 saturated heterocycles. The standard InChI is InChI=1S/C16H23N3O3S/c1-3-8-18-23(21,22)15-6-4-5-13(11-15)16(20)19-14-7-9-17-12(2)10-14/h3-6,11-12,14,17-18H,1,7-10H2,2H3,(H,19,20). The number of hydrogen-bond donors (Lipinski definition) is 3. The Morgan fingerprint density at radius 3 is 2.96 bits per heavy atom. The largest absolute Gasteiger partial charge is 0.349 e. The van der Waals surface area contributed by atoms with E-state index in [1.165, 1.54) is 18.2 Å². The molecule has 2 rings (SSSR count). The van der Waals surface area contributed by atoms with Gasteiger partial charge in [0.15, 0.2) is 0 Å². The molecule has 0 bridgehead atoms. The summed E-state index contributed by atoms with van der Waals surface area (Å²) in [4.78, 5) is 12.4. The second kappa shape index (κ2) is 7.72. The number of hydrogen-bond acceptors (Lipinski definition) is 4. The van der Waals surface area contributed by atoms with E-state index in [4.69, 9.17) is 0 Å². The van der Waals surface area contributed by atoms with Gasteiger partial charge >= 0.3 is 0 Å². The minimum Gasteiger partial charge on any atom is -0.349 e. The van der Waals surface area contributed by atoms with Crippen molar-refractivity contribution in [2.75, 3.05) is 13.1 Å². The van der Waals surface area contributed by atoms with Gasteiger partial charge in [-0.3, -0.25) is 4.79 Å².